The first kappa shape index (κ1) is 14.9. The quantitative estimate of drug-likeness (QED) is 0.432. The number of unbranched alkanes of at least 4 members (excludes halogenated alkanes) is 6. The Kier molecular flexibility index (Phi) is 9.12. The van der Waals surface area contributed by atoms with Crippen molar-refractivity contribution in [3.8, 4) is 0 Å². The molecule has 0 aromatic carbocycles. The summed E-state index contributed by atoms with van der Waals surface area (Å²) in [4.78, 5) is 0. The highest BCUT2D eigenvalue weighted by molar-refractivity contribution is 4.70. The van der Waals surface area contributed by atoms with Gasteiger partial charge >= 0.3 is 0 Å². The van der Waals surface area contributed by atoms with Crippen molar-refractivity contribution in [2.75, 3.05) is 0 Å². The molecule has 0 aliphatic rings. The first-order chi connectivity index (χ1) is 7.12. The van der Waals surface area contributed by atoms with E-state index in [0.717, 1.165) is 32.1 Å². The van der Waals surface area contributed by atoms with Crippen LogP contribution in [0.15, 0.2) is 0 Å². The lowest BCUT2D eigenvalue weighted by Crippen LogP contribution is -2.39. The van der Waals surface area contributed by atoms with Crippen molar-refractivity contribution in [3.05, 3.63) is 0 Å². The van der Waals surface area contributed by atoms with Gasteiger partial charge in [-0.3, -0.25) is 0 Å². The molecule has 0 radical (unpaired) electrons. The zero-order chi connectivity index (χ0) is 11.6. The Morgan fingerprint density at radius 1 is 0.800 bits per heavy atom. The zero-order valence-corrected chi connectivity index (χ0v) is 10.6. The minimum atomic E-state index is -0.902. The van der Waals surface area contributed by atoms with E-state index in [-0.39, 0.29) is 0 Å². The van der Waals surface area contributed by atoms with Crippen LogP contribution in [0.3, 0.4) is 0 Å². The number of hydrogen-bond donors (Lipinski definition) is 2. The predicted octanol–water partition coefficient (Wildman–Crippen LogP) is 3.57. The highest BCUT2D eigenvalue weighted by atomic mass is 16.3. The van der Waals surface area contributed by atoms with Crippen LogP contribution in [0.25, 0.3) is 0 Å². The first-order valence-corrected chi connectivity index (χ1v) is 6.63. The van der Waals surface area contributed by atoms with Gasteiger partial charge in [0.1, 0.15) is 5.72 Å². The van der Waals surface area contributed by atoms with Crippen LogP contribution in [0.2, 0.25) is 0 Å². The minimum Gasteiger partial charge on any atom is -0.376 e. The lowest BCUT2D eigenvalue weighted by atomic mass is 9.99. The summed E-state index contributed by atoms with van der Waals surface area (Å²) in [7, 11) is 0. The third-order valence-corrected chi connectivity index (χ3v) is 2.93. The molecule has 2 heteroatoms. The van der Waals surface area contributed by atoms with Gasteiger partial charge in [-0.1, -0.05) is 52.4 Å². The SMILES string of the molecule is CCCCCCCCC(N)(O)CCCC. The number of nitrogens with two attached hydrogens (primary N) is 1. The molecule has 0 spiro atoms. The molecule has 3 N–H and O–H groups in total. The Morgan fingerprint density at radius 3 is 1.87 bits per heavy atom. The van der Waals surface area contributed by atoms with Crippen LogP contribution < -0.4 is 5.73 Å². The van der Waals surface area contributed by atoms with E-state index in [0.29, 0.717) is 0 Å². The highest BCUT2D eigenvalue weighted by Crippen LogP contribution is 2.17. The van der Waals surface area contributed by atoms with Gasteiger partial charge in [0.25, 0.3) is 0 Å². The Morgan fingerprint density at radius 2 is 1.27 bits per heavy atom. The monoisotopic (exact) mass is 215 g/mol. The van der Waals surface area contributed by atoms with Crippen LogP contribution in [0.1, 0.15) is 78.1 Å². The molecular formula is C13H29NO. The average Bonchev–Trinajstić information content (AvgIpc) is 2.20. The van der Waals surface area contributed by atoms with E-state index < -0.39 is 5.72 Å². The lowest BCUT2D eigenvalue weighted by molar-refractivity contribution is 0.0245. The molecule has 0 saturated heterocycles. The van der Waals surface area contributed by atoms with Gasteiger partial charge in [-0.05, 0) is 25.7 Å². The second-order valence-corrected chi connectivity index (χ2v) is 4.72. The van der Waals surface area contributed by atoms with E-state index in [4.69, 9.17) is 5.73 Å². The summed E-state index contributed by atoms with van der Waals surface area (Å²) in [5.41, 5.74) is 4.90. The van der Waals surface area contributed by atoms with E-state index in [1.165, 1.54) is 32.1 Å². The Hall–Kier alpha value is -0.0800. The summed E-state index contributed by atoms with van der Waals surface area (Å²) < 4.78 is 0. The normalized spacial score (nSPS) is 15.2. The molecule has 2 nitrogen and oxygen atoms in total. The molecule has 0 aromatic rings. The van der Waals surface area contributed by atoms with Gasteiger partial charge in [-0.2, -0.15) is 0 Å². The molecule has 0 aliphatic heterocycles. The largest absolute Gasteiger partial charge is 0.376 e. The maximum absolute atomic E-state index is 9.83. The first-order valence-electron chi connectivity index (χ1n) is 6.63. The van der Waals surface area contributed by atoms with Crippen molar-refractivity contribution in [2.24, 2.45) is 5.73 Å². The van der Waals surface area contributed by atoms with Gasteiger partial charge in [0.2, 0.25) is 0 Å². The fourth-order valence-electron chi connectivity index (χ4n) is 1.82. The van der Waals surface area contributed by atoms with E-state index in [1.54, 1.807) is 0 Å². The predicted molar refractivity (Wildman–Crippen MR) is 66.7 cm³/mol. The van der Waals surface area contributed by atoms with Crippen molar-refractivity contribution in [2.45, 2.75) is 83.8 Å². The summed E-state index contributed by atoms with van der Waals surface area (Å²) in [6.07, 6.45) is 11.2. The fourth-order valence-corrected chi connectivity index (χ4v) is 1.82. The molecule has 0 aliphatic carbocycles. The van der Waals surface area contributed by atoms with Crippen LogP contribution in [-0.4, -0.2) is 10.8 Å². The van der Waals surface area contributed by atoms with Crippen LogP contribution in [-0.2, 0) is 0 Å². The van der Waals surface area contributed by atoms with Gasteiger partial charge in [0.15, 0.2) is 0 Å². The molecule has 92 valence electrons. The summed E-state index contributed by atoms with van der Waals surface area (Å²) in [6, 6.07) is 0. The van der Waals surface area contributed by atoms with E-state index in [1.807, 2.05) is 0 Å². The molecule has 15 heavy (non-hydrogen) atoms. The molecule has 0 fully saturated rings. The summed E-state index contributed by atoms with van der Waals surface area (Å²) in [5, 5.41) is 9.83. The molecule has 0 heterocycles. The Bertz CT molecular complexity index is 134. The minimum absolute atomic E-state index is 0.748. The smallest absolute Gasteiger partial charge is 0.113 e. The van der Waals surface area contributed by atoms with Crippen molar-refractivity contribution in [1.82, 2.24) is 0 Å². The van der Waals surface area contributed by atoms with Crippen LogP contribution in [0.5, 0.6) is 0 Å². The standard InChI is InChI=1S/C13H29NO/c1-3-5-7-8-9-10-12-13(14,15)11-6-4-2/h15H,3-12,14H2,1-2H3. The Labute approximate surface area is 95.3 Å². The molecule has 0 saturated carbocycles. The average molecular weight is 215 g/mol. The zero-order valence-electron chi connectivity index (χ0n) is 10.6. The van der Waals surface area contributed by atoms with Crippen LogP contribution in [0, 0.1) is 0 Å². The maximum Gasteiger partial charge on any atom is 0.113 e. The molecular weight excluding hydrogens is 186 g/mol. The van der Waals surface area contributed by atoms with E-state index in [2.05, 4.69) is 13.8 Å². The number of aliphatic hydroxyl groups is 1. The van der Waals surface area contributed by atoms with Gasteiger partial charge in [-0.15, -0.1) is 0 Å². The van der Waals surface area contributed by atoms with Crippen molar-refractivity contribution < 1.29 is 5.11 Å². The fraction of sp³-hybridized carbons (Fsp3) is 1.00. The lowest BCUT2D eigenvalue weighted by Gasteiger charge is -2.22. The summed E-state index contributed by atoms with van der Waals surface area (Å²) in [6.45, 7) is 4.35. The molecule has 1 unspecified atom stereocenters. The molecule has 0 rings (SSSR count). The van der Waals surface area contributed by atoms with Gasteiger partial charge < -0.3 is 10.8 Å². The van der Waals surface area contributed by atoms with Crippen LogP contribution >= 0.6 is 0 Å². The van der Waals surface area contributed by atoms with Gasteiger partial charge in [0, 0.05) is 0 Å². The van der Waals surface area contributed by atoms with Crippen molar-refractivity contribution in [1.29, 1.82) is 0 Å². The maximum atomic E-state index is 9.83. The summed E-state index contributed by atoms with van der Waals surface area (Å²) in [5.74, 6) is 0. The molecule has 0 aromatic heterocycles. The molecule has 1 atom stereocenters. The number of rotatable bonds is 10. The molecule has 0 bridgehead atoms. The Balaban J connectivity index is 3.32. The number of hydrogen-bond acceptors (Lipinski definition) is 2. The van der Waals surface area contributed by atoms with Crippen LogP contribution in [0.4, 0.5) is 0 Å². The topological polar surface area (TPSA) is 46.2 Å². The van der Waals surface area contributed by atoms with Crippen molar-refractivity contribution >= 4 is 0 Å². The van der Waals surface area contributed by atoms with E-state index >= 15 is 0 Å². The third-order valence-electron chi connectivity index (χ3n) is 2.93. The highest BCUT2D eigenvalue weighted by Gasteiger charge is 2.18. The van der Waals surface area contributed by atoms with Gasteiger partial charge in [-0.25, -0.2) is 0 Å². The van der Waals surface area contributed by atoms with Crippen molar-refractivity contribution in [3.63, 3.8) is 0 Å². The summed E-state index contributed by atoms with van der Waals surface area (Å²) >= 11 is 0. The molecule has 0 amide bonds. The third kappa shape index (κ3) is 10.2. The van der Waals surface area contributed by atoms with Gasteiger partial charge in [0.05, 0.1) is 0 Å². The second kappa shape index (κ2) is 9.17. The second-order valence-electron chi connectivity index (χ2n) is 4.72. The van der Waals surface area contributed by atoms with E-state index in [9.17, 15) is 5.11 Å².